The summed E-state index contributed by atoms with van der Waals surface area (Å²) in [6.07, 6.45) is 0. The summed E-state index contributed by atoms with van der Waals surface area (Å²) < 4.78 is 24.9. The normalized spacial score (nSPS) is 11.2. The van der Waals surface area contributed by atoms with Gasteiger partial charge in [-0.1, -0.05) is 59.6 Å². The Morgan fingerprint density at radius 3 is 2.21 bits per heavy atom. The van der Waals surface area contributed by atoms with Crippen molar-refractivity contribution in [3.8, 4) is 0 Å². The number of carbonyl (C=O) groups excluding carboxylic acids is 1. The zero-order valence-corrected chi connectivity index (χ0v) is 17.1. The van der Waals surface area contributed by atoms with Crippen LogP contribution >= 0.6 is 23.2 Å². The van der Waals surface area contributed by atoms with E-state index < -0.39 is 9.84 Å². The minimum absolute atomic E-state index is 0.126. The molecule has 3 rings (SSSR count). The smallest absolute Gasteiger partial charge is 0.251 e. The molecule has 1 amide bonds. The Morgan fingerprint density at radius 1 is 0.893 bits per heavy atom. The van der Waals surface area contributed by atoms with Gasteiger partial charge in [0.05, 0.1) is 10.6 Å². The van der Waals surface area contributed by atoms with Crippen molar-refractivity contribution in [3.63, 3.8) is 0 Å². The zero-order chi connectivity index (χ0) is 20.1. The summed E-state index contributed by atoms with van der Waals surface area (Å²) in [6, 6.07) is 19.9. The standard InChI is InChI=1S/C21H17Cl2NO3S/c22-18-11-10-17(20(23)12-18)13-24-21(25)16-8-6-15(7-9-16)14-28(26,27)19-4-2-1-3-5-19/h1-12H,13-14H2,(H,24,25). The van der Waals surface area contributed by atoms with Crippen LogP contribution in [-0.4, -0.2) is 14.3 Å². The van der Waals surface area contributed by atoms with E-state index in [1.165, 1.54) is 0 Å². The molecule has 0 saturated heterocycles. The lowest BCUT2D eigenvalue weighted by atomic mass is 10.1. The van der Waals surface area contributed by atoms with Gasteiger partial charge in [0, 0.05) is 22.2 Å². The van der Waals surface area contributed by atoms with Crippen molar-refractivity contribution in [3.05, 3.63) is 99.5 Å². The van der Waals surface area contributed by atoms with Gasteiger partial charge in [-0.15, -0.1) is 0 Å². The molecule has 4 nitrogen and oxygen atoms in total. The second kappa shape index (κ2) is 8.78. The summed E-state index contributed by atoms with van der Waals surface area (Å²) in [5.41, 5.74) is 1.80. The highest BCUT2D eigenvalue weighted by Gasteiger charge is 2.15. The van der Waals surface area contributed by atoms with Crippen LogP contribution in [0, 0.1) is 0 Å². The van der Waals surface area contributed by atoms with Gasteiger partial charge in [-0.05, 0) is 47.5 Å². The first-order valence-corrected chi connectivity index (χ1v) is 10.8. The molecular weight excluding hydrogens is 417 g/mol. The summed E-state index contributed by atoms with van der Waals surface area (Å²) in [6.45, 7) is 0.263. The number of sulfone groups is 1. The van der Waals surface area contributed by atoms with Gasteiger partial charge in [0.2, 0.25) is 0 Å². The molecular formula is C21H17Cl2NO3S. The van der Waals surface area contributed by atoms with E-state index in [9.17, 15) is 13.2 Å². The van der Waals surface area contributed by atoms with E-state index in [1.54, 1.807) is 72.8 Å². The average Bonchev–Trinajstić information content (AvgIpc) is 2.68. The van der Waals surface area contributed by atoms with E-state index in [4.69, 9.17) is 23.2 Å². The van der Waals surface area contributed by atoms with Crippen LogP contribution in [0.15, 0.2) is 77.7 Å². The summed E-state index contributed by atoms with van der Waals surface area (Å²) in [5.74, 6) is -0.400. The maximum Gasteiger partial charge on any atom is 0.251 e. The van der Waals surface area contributed by atoms with Crippen LogP contribution in [0.4, 0.5) is 0 Å². The lowest BCUT2D eigenvalue weighted by Gasteiger charge is -2.09. The molecule has 0 aromatic heterocycles. The SMILES string of the molecule is O=C(NCc1ccc(Cl)cc1Cl)c1ccc(CS(=O)(=O)c2ccccc2)cc1. The topological polar surface area (TPSA) is 63.2 Å². The third kappa shape index (κ3) is 5.13. The molecule has 0 aliphatic carbocycles. The van der Waals surface area contributed by atoms with Crippen molar-refractivity contribution < 1.29 is 13.2 Å². The second-order valence-corrected chi connectivity index (χ2v) is 9.02. The van der Waals surface area contributed by atoms with Crippen LogP contribution in [-0.2, 0) is 22.1 Å². The van der Waals surface area contributed by atoms with Gasteiger partial charge >= 0.3 is 0 Å². The van der Waals surface area contributed by atoms with E-state index in [1.807, 2.05) is 0 Å². The molecule has 0 unspecified atom stereocenters. The molecule has 0 saturated carbocycles. The highest BCUT2D eigenvalue weighted by Crippen LogP contribution is 2.21. The lowest BCUT2D eigenvalue weighted by molar-refractivity contribution is 0.0951. The Bertz CT molecular complexity index is 1080. The van der Waals surface area contributed by atoms with E-state index in [0.29, 0.717) is 21.2 Å². The molecule has 3 aromatic carbocycles. The van der Waals surface area contributed by atoms with Gasteiger partial charge in [-0.25, -0.2) is 8.42 Å². The number of hydrogen-bond donors (Lipinski definition) is 1. The van der Waals surface area contributed by atoms with Gasteiger partial charge in [-0.2, -0.15) is 0 Å². The lowest BCUT2D eigenvalue weighted by Crippen LogP contribution is -2.22. The van der Waals surface area contributed by atoms with Gasteiger partial charge in [-0.3, -0.25) is 4.79 Å². The van der Waals surface area contributed by atoms with Crippen LogP contribution in [0.3, 0.4) is 0 Å². The van der Waals surface area contributed by atoms with Gasteiger partial charge in [0.1, 0.15) is 0 Å². The van der Waals surface area contributed by atoms with E-state index >= 15 is 0 Å². The fourth-order valence-corrected chi connectivity index (χ4v) is 4.47. The van der Waals surface area contributed by atoms with Gasteiger partial charge in [0.15, 0.2) is 9.84 Å². The third-order valence-corrected chi connectivity index (χ3v) is 6.42. The highest BCUT2D eigenvalue weighted by molar-refractivity contribution is 7.90. The largest absolute Gasteiger partial charge is 0.348 e. The first-order chi connectivity index (χ1) is 13.3. The van der Waals surface area contributed by atoms with Gasteiger partial charge in [0.25, 0.3) is 5.91 Å². The molecule has 28 heavy (non-hydrogen) atoms. The maximum atomic E-state index is 12.4. The average molecular weight is 434 g/mol. The van der Waals surface area contributed by atoms with E-state index in [0.717, 1.165) is 5.56 Å². The van der Waals surface area contributed by atoms with Crippen LogP contribution in [0.1, 0.15) is 21.5 Å². The number of rotatable bonds is 6. The Hall–Kier alpha value is -2.34. The van der Waals surface area contributed by atoms with Crippen molar-refractivity contribution in [1.29, 1.82) is 0 Å². The number of hydrogen-bond acceptors (Lipinski definition) is 3. The number of nitrogens with one attached hydrogen (secondary N) is 1. The molecule has 0 aliphatic rings. The minimum Gasteiger partial charge on any atom is -0.348 e. The molecule has 0 heterocycles. The number of benzene rings is 3. The quantitative estimate of drug-likeness (QED) is 0.601. The van der Waals surface area contributed by atoms with E-state index in [-0.39, 0.29) is 23.1 Å². The van der Waals surface area contributed by atoms with Gasteiger partial charge < -0.3 is 5.32 Å². The first-order valence-electron chi connectivity index (χ1n) is 8.44. The molecule has 1 N–H and O–H groups in total. The number of amides is 1. The molecule has 0 bridgehead atoms. The van der Waals surface area contributed by atoms with Crippen LogP contribution in [0.5, 0.6) is 0 Å². The van der Waals surface area contributed by atoms with Crippen LogP contribution < -0.4 is 5.32 Å². The van der Waals surface area contributed by atoms with Crippen LogP contribution in [0.2, 0.25) is 10.0 Å². The Labute approximate surface area is 174 Å². The molecule has 144 valence electrons. The zero-order valence-electron chi connectivity index (χ0n) is 14.7. The summed E-state index contributed by atoms with van der Waals surface area (Å²) in [4.78, 5) is 12.6. The highest BCUT2D eigenvalue weighted by atomic mass is 35.5. The van der Waals surface area contributed by atoms with Crippen molar-refractivity contribution in [1.82, 2.24) is 5.32 Å². The molecule has 0 aliphatic heterocycles. The Morgan fingerprint density at radius 2 is 1.57 bits per heavy atom. The predicted octanol–water partition coefficient (Wildman–Crippen LogP) is 4.90. The monoisotopic (exact) mass is 433 g/mol. The van der Waals surface area contributed by atoms with Crippen molar-refractivity contribution >= 4 is 38.9 Å². The summed E-state index contributed by atoms with van der Waals surface area (Å²) >= 11 is 12.0. The number of halogens is 2. The first kappa shape index (κ1) is 20.4. The number of carbonyl (C=O) groups is 1. The molecule has 0 spiro atoms. The molecule has 3 aromatic rings. The molecule has 0 fully saturated rings. The molecule has 0 radical (unpaired) electrons. The fraction of sp³-hybridized carbons (Fsp3) is 0.0952. The predicted molar refractivity (Wildman–Crippen MR) is 111 cm³/mol. The third-order valence-electron chi connectivity index (χ3n) is 4.13. The van der Waals surface area contributed by atoms with Crippen LogP contribution in [0.25, 0.3) is 0 Å². The molecule has 0 atom stereocenters. The van der Waals surface area contributed by atoms with Crippen molar-refractivity contribution in [2.45, 2.75) is 17.2 Å². The Balaban J connectivity index is 1.64. The Kier molecular flexibility index (Phi) is 6.39. The summed E-state index contributed by atoms with van der Waals surface area (Å²) in [5, 5.41) is 3.79. The van der Waals surface area contributed by atoms with Crippen molar-refractivity contribution in [2.75, 3.05) is 0 Å². The fourth-order valence-electron chi connectivity index (χ4n) is 2.63. The summed E-state index contributed by atoms with van der Waals surface area (Å²) in [7, 11) is -3.43. The molecule has 7 heteroatoms. The van der Waals surface area contributed by atoms with E-state index in [2.05, 4.69) is 5.32 Å². The maximum absolute atomic E-state index is 12.4. The second-order valence-electron chi connectivity index (χ2n) is 6.19. The minimum atomic E-state index is -3.43. The van der Waals surface area contributed by atoms with Crippen molar-refractivity contribution in [2.24, 2.45) is 0 Å².